The highest BCUT2D eigenvalue weighted by Gasteiger charge is 2.17. The number of nitrogens with zero attached hydrogens (tertiary/aromatic N) is 2. The fourth-order valence-corrected chi connectivity index (χ4v) is 8.77. The summed E-state index contributed by atoms with van der Waals surface area (Å²) in [6.07, 6.45) is 0. The number of allylic oxidation sites excluding steroid dienone is 1. The lowest BCUT2D eigenvalue weighted by Gasteiger charge is -2.26. The Balaban J connectivity index is 0.944. The zero-order chi connectivity index (χ0) is 40.2. The Morgan fingerprint density at radius 1 is 0.417 bits per heavy atom. The van der Waals surface area contributed by atoms with E-state index in [1.165, 1.54) is 38.5 Å². The summed E-state index contributed by atoms with van der Waals surface area (Å²) in [5, 5.41) is 4.80. The van der Waals surface area contributed by atoms with Crippen LogP contribution in [0.15, 0.2) is 223 Å². The van der Waals surface area contributed by atoms with E-state index < -0.39 is 0 Å². The van der Waals surface area contributed by atoms with Crippen LogP contribution in [0.1, 0.15) is 12.5 Å². The first-order valence-corrected chi connectivity index (χ1v) is 20.4. The first kappa shape index (κ1) is 35.3. The predicted octanol–water partition coefficient (Wildman–Crippen LogP) is 16.2. The summed E-state index contributed by atoms with van der Waals surface area (Å²) < 4.78 is 8.77. The van der Waals surface area contributed by atoms with Gasteiger partial charge in [-0.15, -0.1) is 0 Å². The quantitative estimate of drug-likeness (QED) is 0.154. The third-order valence-corrected chi connectivity index (χ3v) is 11.8. The highest BCUT2D eigenvalue weighted by atomic mass is 16.3. The summed E-state index contributed by atoms with van der Waals surface area (Å²) in [6, 6.07) is 76.1. The van der Waals surface area contributed by atoms with Crippen LogP contribution in [0.5, 0.6) is 0 Å². The van der Waals surface area contributed by atoms with E-state index in [1.54, 1.807) is 0 Å². The maximum atomic E-state index is 6.41. The number of rotatable bonds is 8. The van der Waals surface area contributed by atoms with Gasteiger partial charge in [0.2, 0.25) is 0 Å². The van der Waals surface area contributed by atoms with Crippen LogP contribution in [0, 0.1) is 0 Å². The van der Waals surface area contributed by atoms with E-state index >= 15 is 0 Å². The van der Waals surface area contributed by atoms with E-state index in [4.69, 9.17) is 4.42 Å². The van der Waals surface area contributed by atoms with Crippen LogP contribution >= 0.6 is 0 Å². The van der Waals surface area contributed by atoms with Gasteiger partial charge in [-0.2, -0.15) is 0 Å². The minimum absolute atomic E-state index is 0.903. The van der Waals surface area contributed by atoms with Crippen molar-refractivity contribution in [2.75, 3.05) is 4.90 Å². The standard InChI is InChI=1S/C57H40N2O/c1-38(2)39-18-20-40(21-19-39)41-22-30-45(31-23-41)58(47-36-28-44(29-37-47)49-13-9-14-53-52-12-5-8-17-56(52)60-57(49)53)46-32-24-42(25-33-46)43-26-34-48(35-27-43)59-54-15-6-3-10-50(54)51-11-4-7-16-55(51)59/h3-37H,1H2,2H3. The molecule has 2 aromatic heterocycles. The molecule has 0 atom stereocenters. The number of aromatic nitrogens is 1. The van der Waals surface area contributed by atoms with Crippen LogP contribution in [-0.4, -0.2) is 4.57 Å². The topological polar surface area (TPSA) is 21.3 Å². The number of furan rings is 1. The highest BCUT2D eigenvalue weighted by Crippen LogP contribution is 2.40. The average molecular weight is 769 g/mol. The summed E-state index contributed by atoms with van der Waals surface area (Å²) in [6.45, 7) is 6.15. The van der Waals surface area contributed by atoms with Crippen molar-refractivity contribution in [1.29, 1.82) is 0 Å². The molecule has 0 fully saturated rings. The molecule has 0 N–H and O–H groups in total. The molecule has 0 unspecified atom stereocenters. The summed E-state index contributed by atoms with van der Waals surface area (Å²) in [4.78, 5) is 2.33. The molecule has 0 saturated heterocycles. The van der Waals surface area contributed by atoms with Gasteiger partial charge in [0.1, 0.15) is 11.2 Å². The fraction of sp³-hybridized carbons (Fsp3) is 0.0175. The maximum absolute atomic E-state index is 6.41. The summed E-state index contributed by atoms with van der Waals surface area (Å²) >= 11 is 0. The maximum Gasteiger partial charge on any atom is 0.143 e. The average Bonchev–Trinajstić information content (AvgIpc) is 3.86. The van der Waals surface area contributed by atoms with Crippen molar-refractivity contribution < 1.29 is 4.42 Å². The van der Waals surface area contributed by atoms with E-state index in [-0.39, 0.29) is 0 Å². The van der Waals surface area contributed by atoms with Crippen LogP contribution in [0.2, 0.25) is 0 Å². The molecule has 3 nitrogen and oxygen atoms in total. The van der Waals surface area contributed by atoms with Crippen LogP contribution in [0.3, 0.4) is 0 Å². The van der Waals surface area contributed by atoms with Crippen molar-refractivity contribution in [3.8, 4) is 39.1 Å². The summed E-state index contributed by atoms with van der Waals surface area (Å²) in [5.41, 5.74) is 17.7. The second-order valence-electron chi connectivity index (χ2n) is 15.5. The molecule has 0 radical (unpaired) electrons. The van der Waals surface area contributed by atoms with Gasteiger partial charge in [-0.25, -0.2) is 0 Å². The van der Waals surface area contributed by atoms with Gasteiger partial charge in [0, 0.05) is 49.9 Å². The van der Waals surface area contributed by atoms with Gasteiger partial charge in [0.05, 0.1) is 11.0 Å². The molecule has 9 aromatic carbocycles. The van der Waals surface area contributed by atoms with E-state index in [2.05, 4.69) is 216 Å². The third-order valence-electron chi connectivity index (χ3n) is 11.8. The Morgan fingerprint density at radius 3 is 1.38 bits per heavy atom. The van der Waals surface area contributed by atoms with Gasteiger partial charge >= 0.3 is 0 Å². The molecule has 0 amide bonds. The lowest BCUT2D eigenvalue weighted by molar-refractivity contribution is 0.670. The molecule has 2 heterocycles. The monoisotopic (exact) mass is 768 g/mol. The van der Waals surface area contributed by atoms with Crippen LogP contribution in [-0.2, 0) is 0 Å². The summed E-state index contributed by atoms with van der Waals surface area (Å²) in [5.74, 6) is 0. The van der Waals surface area contributed by atoms with Crippen LogP contribution < -0.4 is 4.90 Å². The van der Waals surface area contributed by atoms with Crippen molar-refractivity contribution in [2.24, 2.45) is 0 Å². The van der Waals surface area contributed by atoms with Gasteiger partial charge in [0.15, 0.2) is 0 Å². The molecule has 0 aliphatic rings. The number of hydrogen-bond donors (Lipinski definition) is 0. The van der Waals surface area contributed by atoms with E-state index in [0.29, 0.717) is 0 Å². The highest BCUT2D eigenvalue weighted by molar-refractivity contribution is 6.10. The molecule has 0 aliphatic carbocycles. The van der Waals surface area contributed by atoms with Gasteiger partial charge in [-0.05, 0) is 107 Å². The van der Waals surface area contributed by atoms with Crippen molar-refractivity contribution in [1.82, 2.24) is 4.57 Å². The normalized spacial score (nSPS) is 11.5. The second-order valence-corrected chi connectivity index (χ2v) is 15.5. The van der Waals surface area contributed by atoms with Gasteiger partial charge < -0.3 is 13.9 Å². The number of fused-ring (bicyclic) bond motifs is 6. The number of benzene rings is 9. The Labute approximate surface area is 349 Å². The largest absolute Gasteiger partial charge is 0.455 e. The van der Waals surface area contributed by atoms with Crippen molar-refractivity contribution in [3.05, 3.63) is 224 Å². The Hall–Kier alpha value is -7.88. The van der Waals surface area contributed by atoms with Gasteiger partial charge in [-0.1, -0.05) is 158 Å². The minimum atomic E-state index is 0.903. The minimum Gasteiger partial charge on any atom is -0.455 e. The fourth-order valence-electron chi connectivity index (χ4n) is 8.77. The van der Waals surface area contributed by atoms with Gasteiger partial charge in [-0.3, -0.25) is 0 Å². The zero-order valence-corrected chi connectivity index (χ0v) is 33.2. The van der Waals surface area contributed by atoms with Crippen molar-refractivity contribution >= 4 is 66.4 Å². The van der Waals surface area contributed by atoms with E-state index in [0.717, 1.165) is 72.5 Å². The molecule has 3 heteroatoms. The Kier molecular flexibility index (Phi) is 8.53. The van der Waals surface area contributed by atoms with Crippen LogP contribution in [0.4, 0.5) is 17.1 Å². The molecule has 11 aromatic rings. The van der Waals surface area contributed by atoms with Gasteiger partial charge in [0.25, 0.3) is 0 Å². The molecule has 0 bridgehead atoms. The number of anilines is 3. The molecule has 0 aliphatic heterocycles. The zero-order valence-electron chi connectivity index (χ0n) is 33.2. The van der Waals surface area contributed by atoms with Crippen molar-refractivity contribution in [3.63, 3.8) is 0 Å². The first-order valence-electron chi connectivity index (χ1n) is 20.4. The molecular formula is C57H40N2O. The third kappa shape index (κ3) is 6.07. The Bertz CT molecular complexity index is 3300. The Morgan fingerprint density at radius 2 is 0.850 bits per heavy atom. The first-order chi connectivity index (χ1) is 29.6. The van der Waals surface area contributed by atoms with Crippen LogP contribution in [0.25, 0.3) is 88.4 Å². The molecule has 0 saturated carbocycles. The second kappa shape index (κ2) is 14.5. The van der Waals surface area contributed by atoms with Crippen molar-refractivity contribution in [2.45, 2.75) is 6.92 Å². The molecule has 60 heavy (non-hydrogen) atoms. The SMILES string of the molecule is C=C(C)c1ccc(-c2ccc(N(c3ccc(-c4ccc(-n5c6ccccc6c6ccccc65)cc4)cc3)c3ccc(-c4cccc5c4oc4ccccc45)cc3)cc2)cc1. The molecule has 284 valence electrons. The lowest BCUT2D eigenvalue weighted by atomic mass is 10.0. The lowest BCUT2D eigenvalue weighted by Crippen LogP contribution is -2.09. The molecule has 11 rings (SSSR count). The van der Waals surface area contributed by atoms with E-state index in [9.17, 15) is 0 Å². The smallest absolute Gasteiger partial charge is 0.143 e. The molecular weight excluding hydrogens is 729 g/mol. The number of para-hydroxylation sites is 4. The number of hydrogen-bond acceptors (Lipinski definition) is 2. The predicted molar refractivity (Wildman–Crippen MR) is 254 cm³/mol. The van der Waals surface area contributed by atoms with E-state index in [1.807, 2.05) is 19.1 Å². The molecule has 0 spiro atoms. The summed E-state index contributed by atoms with van der Waals surface area (Å²) in [7, 11) is 0.